The third-order valence-corrected chi connectivity index (χ3v) is 8.96. The average molecular weight is 625 g/mol. The second kappa shape index (κ2) is 13.7. The molecule has 0 bridgehead atoms. The van der Waals surface area contributed by atoms with Crippen LogP contribution in [-0.4, -0.2) is 43.8 Å². The highest BCUT2D eigenvalue weighted by atomic mass is 35.5. The molecular formula is C29H32Cl3N3O4S. The van der Waals surface area contributed by atoms with E-state index in [1.807, 2.05) is 20.8 Å². The minimum atomic E-state index is -4.18. The van der Waals surface area contributed by atoms with E-state index in [0.717, 1.165) is 9.87 Å². The molecule has 0 aliphatic rings. The van der Waals surface area contributed by atoms with Crippen molar-refractivity contribution in [3.63, 3.8) is 0 Å². The monoisotopic (exact) mass is 623 g/mol. The first kappa shape index (κ1) is 31.7. The molecule has 2 amide bonds. The molecule has 0 aliphatic heterocycles. The van der Waals surface area contributed by atoms with Crippen LogP contribution in [0, 0.1) is 6.92 Å². The molecular weight excluding hydrogens is 593 g/mol. The topological polar surface area (TPSA) is 86.8 Å². The minimum Gasteiger partial charge on any atom is -0.352 e. The van der Waals surface area contributed by atoms with Gasteiger partial charge in [0, 0.05) is 33.2 Å². The summed E-state index contributed by atoms with van der Waals surface area (Å²) >= 11 is 18.9. The van der Waals surface area contributed by atoms with Crippen molar-refractivity contribution in [1.82, 2.24) is 10.2 Å². The van der Waals surface area contributed by atoms with Gasteiger partial charge in [0.1, 0.15) is 12.6 Å². The molecule has 0 spiro atoms. The highest BCUT2D eigenvalue weighted by Crippen LogP contribution is 2.29. The quantitative estimate of drug-likeness (QED) is 0.265. The third kappa shape index (κ3) is 7.69. The van der Waals surface area contributed by atoms with Crippen LogP contribution >= 0.6 is 34.8 Å². The Bertz CT molecular complexity index is 1430. The number of benzene rings is 3. The van der Waals surface area contributed by atoms with Crippen LogP contribution in [0.4, 0.5) is 5.69 Å². The van der Waals surface area contributed by atoms with E-state index in [1.165, 1.54) is 29.2 Å². The Kier molecular flexibility index (Phi) is 10.9. The molecule has 0 unspecified atom stereocenters. The number of halogens is 3. The Morgan fingerprint density at radius 3 is 2.00 bits per heavy atom. The van der Waals surface area contributed by atoms with Crippen LogP contribution in [0.1, 0.15) is 38.3 Å². The SMILES string of the molecule is CC[C@@H](C(=O)NC(C)C)N(Cc1c(Cl)cccc1Cl)C(=O)CN(c1ccc(Cl)cc1)S(=O)(=O)c1ccc(C)cc1. The van der Waals surface area contributed by atoms with Crippen LogP contribution in [-0.2, 0) is 26.2 Å². The number of carbonyl (C=O) groups excluding carboxylic acids is 2. The van der Waals surface area contributed by atoms with Crippen molar-refractivity contribution in [2.24, 2.45) is 0 Å². The van der Waals surface area contributed by atoms with Crippen LogP contribution < -0.4 is 9.62 Å². The summed E-state index contributed by atoms with van der Waals surface area (Å²) in [5.74, 6) is -0.971. The summed E-state index contributed by atoms with van der Waals surface area (Å²) in [5.41, 5.74) is 1.58. The van der Waals surface area contributed by atoms with Gasteiger partial charge in [-0.05, 0) is 75.7 Å². The van der Waals surface area contributed by atoms with E-state index >= 15 is 0 Å². The van der Waals surface area contributed by atoms with Gasteiger partial charge in [-0.3, -0.25) is 13.9 Å². The molecule has 214 valence electrons. The molecule has 0 radical (unpaired) electrons. The molecule has 0 aliphatic carbocycles. The predicted octanol–water partition coefficient (Wildman–Crippen LogP) is 6.48. The first-order valence-corrected chi connectivity index (χ1v) is 15.3. The van der Waals surface area contributed by atoms with Gasteiger partial charge in [-0.15, -0.1) is 0 Å². The predicted molar refractivity (Wildman–Crippen MR) is 162 cm³/mol. The molecule has 0 aromatic heterocycles. The average Bonchev–Trinajstić information content (AvgIpc) is 2.89. The number of sulfonamides is 1. The Morgan fingerprint density at radius 1 is 0.900 bits per heavy atom. The molecule has 3 rings (SSSR count). The van der Waals surface area contributed by atoms with Gasteiger partial charge in [0.25, 0.3) is 10.0 Å². The number of aryl methyl sites for hydroxylation is 1. The maximum atomic E-state index is 14.1. The largest absolute Gasteiger partial charge is 0.352 e. The van der Waals surface area contributed by atoms with Gasteiger partial charge in [0.05, 0.1) is 10.6 Å². The number of nitrogens with one attached hydrogen (secondary N) is 1. The molecule has 1 N–H and O–H groups in total. The van der Waals surface area contributed by atoms with E-state index in [1.54, 1.807) is 49.4 Å². The zero-order valence-electron chi connectivity index (χ0n) is 22.7. The number of rotatable bonds is 11. The summed E-state index contributed by atoms with van der Waals surface area (Å²) in [5, 5.41) is 3.91. The number of hydrogen-bond acceptors (Lipinski definition) is 4. The van der Waals surface area contributed by atoms with Gasteiger partial charge in [0.15, 0.2) is 0 Å². The van der Waals surface area contributed by atoms with Crippen LogP contribution in [0.5, 0.6) is 0 Å². The first-order chi connectivity index (χ1) is 18.8. The lowest BCUT2D eigenvalue weighted by Crippen LogP contribution is -2.53. The van der Waals surface area contributed by atoms with Crippen LogP contribution in [0.15, 0.2) is 71.6 Å². The summed E-state index contributed by atoms with van der Waals surface area (Å²) in [6, 6.07) is 16.4. The lowest BCUT2D eigenvalue weighted by molar-refractivity contribution is -0.140. The first-order valence-electron chi connectivity index (χ1n) is 12.7. The smallest absolute Gasteiger partial charge is 0.264 e. The third-order valence-electron chi connectivity index (χ3n) is 6.21. The molecule has 0 saturated carbocycles. The molecule has 7 nitrogen and oxygen atoms in total. The molecule has 3 aromatic rings. The summed E-state index contributed by atoms with van der Waals surface area (Å²) in [7, 11) is -4.18. The van der Waals surface area contributed by atoms with E-state index in [0.29, 0.717) is 20.6 Å². The Labute approximate surface area is 251 Å². The van der Waals surface area contributed by atoms with Gasteiger partial charge in [-0.2, -0.15) is 0 Å². The summed E-state index contributed by atoms with van der Waals surface area (Å²) in [6.07, 6.45) is 0.276. The lowest BCUT2D eigenvalue weighted by atomic mass is 10.1. The number of anilines is 1. The lowest BCUT2D eigenvalue weighted by Gasteiger charge is -2.34. The van der Waals surface area contributed by atoms with Crippen molar-refractivity contribution < 1.29 is 18.0 Å². The van der Waals surface area contributed by atoms with Gasteiger partial charge in [-0.25, -0.2) is 8.42 Å². The summed E-state index contributed by atoms with van der Waals surface area (Å²) in [6.45, 7) is 6.59. The summed E-state index contributed by atoms with van der Waals surface area (Å²) in [4.78, 5) is 28.6. The van der Waals surface area contributed by atoms with Crippen LogP contribution in [0.3, 0.4) is 0 Å². The standard InChI is InChI=1S/C29H32Cl3N3O4S/c1-5-27(29(37)33-19(2)3)34(17-24-25(31)7-6-8-26(24)32)28(36)18-35(22-13-11-21(30)12-14-22)40(38,39)23-15-9-20(4)10-16-23/h6-16,19,27H,5,17-18H2,1-4H3,(H,33,37)/t27-/m0/s1. The Morgan fingerprint density at radius 2 is 1.48 bits per heavy atom. The fourth-order valence-electron chi connectivity index (χ4n) is 4.13. The van der Waals surface area contributed by atoms with E-state index in [9.17, 15) is 18.0 Å². The molecule has 0 fully saturated rings. The van der Waals surface area contributed by atoms with Crippen molar-refractivity contribution in [2.75, 3.05) is 10.8 Å². The molecule has 1 atom stereocenters. The number of nitrogens with zero attached hydrogens (tertiary/aromatic N) is 2. The van der Waals surface area contributed by atoms with Crippen LogP contribution in [0.25, 0.3) is 0 Å². The maximum absolute atomic E-state index is 14.1. The Balaban J connectivity index is 2.10. The van der Waals surface area contributed by atoms with E-state index < -0.39 is 28.5 Å². The zero-order valence-corrected chi connectivity index (χ0v) is 25.8. The fourth-order valence-corrected chi connectivity index (χ4v) is 6.18. The second-order valence-electron chi connectivity index (χ2n) is 9.61. The summed E-state index contributed by atoms with van der Waals surface area (Å²) < 4.78 is 28.8. The Hall–Kier alpha value is -2.78. The van der Waals surface area contributed by atoms with Gasteiger partial charge < -0.3 is 10.2 Å². The van der Waals surface area contributed by atoms with Gasteiger partial charge in [0.2, 0.25) is 11.8 Å². The maximum Gasteiger partial charge on any atom is 0.264 e. The zero-order chi connectivity index (χ0) is 29.6. The number of amides is 2. The van der Waals surface area contributed by atoms with Crippen LogP contribution in [0.2, 0.25) is 15.1 Å². The molecule has 0 saturated heterocycles. The van der Waals surface area contributed by atoms with E-state index in [2.05, 4.69) is 5.32 Å². The van der Waals surface area contributed by atoms with Crippen molar-refractivity contribution >= 4 is 62.3 Å². The molecule has 3 aromatic carbocycles. The minimum absolute atomic E-state index is 0.0196. The van der Waals surface area contributed by atoms with Crippen molar-refractivity contribution in [2.45, 2.75) is 57.6 Å². The van der Waals surface area contributed by atoms with E-state index in [-0.39, 0.29) is 35.5 Å². The van der Waals surface area contributed by atoms with Crippen molar-refractivity contribution in [3.05, 3.63) is 92.9 Å². The molecule has 40 heavy (non-hydrogen) atoms. The van der Waals surface area contributed by atoms with Gasteiger partial charge in [-0.1, -0.05) is 65.5 Å². The molecule has 0 heterocycles. The highest BCUT2D eigenvalue weighted by Gasteiger charge is 2.34. The molecule has 11 heteroatoms. The van der Waals surface area contributed by atoms with Gasteiger partial charge >= 0.3 is 0 Å². The number of hydrogen-bond donors (Lipinski definition) is 1. The second-order valence-corrected chi connectivity index (χ2v) is 12.7. The van der Waals surface area contributed by atoms with Crippen molar-refractivity contribution in [1.29, 1.82) is 0 Å². The number of carbonyl (C=O) groups is 2. The van der Waals surface area contributed by atoms with Crippen molar-refractivity contribution in [3.8, 4) is 0 Å². The normalized spacial score (nSPS) is 12.2. The highest BCUT2D eigenvalue weighted by molar-refractivity contribution is 7.92. The fraction of sp³-hybridized carbons (Fsp3) is 0.310. The van der Waals surface area contributed by atoms with E-state index in [4.69, 9.17) is 34.8 Å².